The molecule has 2 aromatic rings. The molecule has 1 N–H and O–H groups in total. The predicted molar refractivity (Wildman–Crippen MR) is 88.3 cm³/mol. The largest absolute Gasteiger partial charge is 0.497 e. The topological polar surface area (TPSA) is 65.4 Å². The lowest BCUT2D eigenvalue weighted by Crippen LogP contribution is -2.26. The first-order valence-corrected chi connectivity index (χ1v) is 7.47. The first kappa shape index (κ1) is 16.9. The summed E-state index contributed by atoms with van der Waals surface area (Å²) in [6.07, 6.45) is 0.740. The molecule has 1 heterocycles. The highest BCUT2D eigenvalue weighted by atomic mass is 16.5. The molecular formula is C17H23N3O3. The van der Waals surface area contributed by atoms with Crippen molar-refractivity contribution >= 4 is 5.91 Å². The zero-order valence-corrected chi connectivity index (χ0v) is 14.3. The molecule has 0 saturated carbocycles. The number of methoxy groups -OCH3 is 2. The fraction of sp³-hybridized carbons (Fsp3) is 0.412. The first-order chi connectivity index (χ1) is 11.0. The summed E-state index contributed by atoms with van der Waals surface area (Å²) in [5, 5.41) is 7.31. The average molecular weight is 317 g/mol. The summed E-state index contributed by atoms with van der Waals surface area (Å²) in [5.41, 5.74) is 3.76. The SMILES string of the molecule is COc1ccc(OC)c(C(=O)NCCc2c(C)nn(C)c2C)c1. The number of carbonyl (C=O) groups excluding carboxylic acids is 1. The van der Waals surface area contributed by atoms with E-state index in [-0.39, 0.29) is 5.91 Å². The number of carbonyl (C=O) groups is 1. The predicted octanol–water partition coefficient (Wildman–Crippen LogP) is 2.03. The van der Waals surface area contributed by atoms with Crippen LogP contribution < -0.4 is 14.8 Å². The van der Waals surface area contributed by atoms with E-state index in [0.29, 0.717) is 23.6 Å². The molecule has 0 bridgehead atoms. The van der Waals surface area contributed by atoms with Gasteiger partial charge in [-0.15, -0.1) is 0 Å². The summed E-state index contributed by atoms with van der Waals surface area (Å²) in [6.45, 7) is 4.55. The third-order valence-corrected chi connectivity index (χ3v) is 3.97. The lowest BCUT2D eigenvalue weighted by molar-refractivity contribution is 0.0950. The first-order valence-electron chi connectivity index (χ1n) is 7.47. The lowest BCUT2D eigenvalue weighted by atomic mass is 10.1. The second-order valence-corrected chi connectivity index (χ2v) is 5.35. The number of nitrogens with zero attached hydrogens (tertiary/aromatic N) is 2. The van der Waals surface area contributed by atoms with Crippen molar-refractivity contribution in [1.82, 2.24) is 15.1 Å². The Labute approximate surface area is 136 Å². The third-order valence-electron chi connectivity index (χ3n) is 3.97. The molecule has 0 atom stereocenters. The van der Waals surface area contributed by atoms with Crippen LogP contribution >= 0.6 is 0 Å². The minimum Gasteiger partial charge on any atom is -0.497 e. The summed E-state index contributed by atoms with van der Waals surface area (Å²) >= 11 is 0. The zero-order valence-electron chi connectivity index (χ0n) is 14.3. The smallest absolute Gasteiger partial charge is 0.255 e. The molecule has 1 aromatic carbocycles. The Bertz CT molecular complexity index is 707. The van der Waals surface area contributed by atoms with E-state index in [4.69, 9.17) is 9.47 Å². The highest BCUT2D eigenvalue weighted by molar-refractivity contribution is 5.97. The Kier molecular flexibility index (Phi) is 5.26. The van der Waals surface area contributed by atoms with E-state index in [0.717, 1.165) is 17.8 Å². The molecule has 0 aliphatic heterocycles. The maximum absolute atomic E-state index is 12.4. The van der Waals surface area contributed by atoms with Crippen LogP contribution in [-0.2, 0) is 13.5 Å². The maximum Gasteiger partial charge on any atom is 0.255 e. The Morgan fingerprint density at radius 1 is 1.26 bits per heavy atom. The van der Waals surface area contributed by atoms with E-state index >= 15 is 0 Å². The Morgan fingerprint density at radius 3 is 2.57 bits per heavy atom. The summed E-state index contributed by atoms with van der Waals surface area (Å²) in [4.78, 5) is 12.4. The molecule has 0 fully saturated rings. The molecule has 0 radical (unpaired) electrons. The molecule has 1 amide bonds. The molecule has 0 aliphatic rings. The van der Waals surface area contributed by atoms with Gasteiger partial charge in [-0.05, 0) is 44.0 Å². The summed E-state index contributed by atoms with van der Waals surface area (Å²) in [5.74, 6) is 0.965. The van der Waals surface area contributed by atoms with Crippen molar-refractivity contribution in [2.75, 3.05) is 20.8 Å². The number of benzene rings is 1. The van der Waals surface area contributed by atoms with Crippen LogP contribution in [0.5, 0.6) is 11.5 Å². The van der Waals surface area contributed by atoms with Gasteiger partial charge in [0.2, 0.25) is 0 Å². The molecule has 2 rings (SSSR count). The highest BCUT2D eigenvalue weighted by Gasteiger charge is 2.14. The molecule has 0 unspecified atom stereocenters. The van der Waals surface area contributed by atoms with Gasteiger partial charge in [-0.1, -0.05) is 0 Å². The highest BCUT2D eigenvalue weighted by Crippen LogP contribution is 2.23. The normalized spacial score (nSPS) is 10.5. The minimum absolute atomic E-state index is 0.181. The summed E-state index contributed by atoms with van der Waals surface area (Å²) < 4.78 is 12.3. The van der Waals surface area contributed by atoms with E-state index in [2.05, 4.69) is 10.4 Å². The quantitative estimate of drug-likeness (QED) is 0.885. The van der Waals surface area contributed by atoms with E-state index in [1.165, 1.54) is 5.56 Å². The molecule has 6 heteroatoms. The van der Waals surface area contributed by atoms with Crippen LogP contribution in [0.4, 0.5) is 0 Å². The molecule has 0 spiro atoms. The fourth-order valence-corrected chi connectivity index (χ4v) is 2.57. The van der Waals surface area contributed by atoms with E-state index in [1.807, 2.05) is 25.6 Å². The fourth-order valence-electron chi connectivity index (χ4n) is 2.57. The Balaban J connectivity index is 2.05. The number of aryl methyl sites for hydroxylation is 2. The van der Waals surface area contributed by atoms with Crippen LogP contribution in [-0.4, -0.2) is 36.5 Å². The van der Waals surface area contributed by atoms with Crippen molar-refractivity contribution in [3.8, 4) is 11.5 Å². The van der Waals surface area contributed by atoms with Crippen LogP contribution in [0, 0.1) is 13.8 Å². The summed E-state index contributed by atoms with van der Waals surface area (Å²) in [6, 6.07) is 5.16. The van der Waals surface area contributed by atoms with E-state index in [9.17, 15) is 4.79 Å². The van der Waals surface area contributed by atoms with Crippen LogP contribution in [0.3, 0.4) is 0 Å². The number of aromatic nitrogens is 2. The number of nitrogens with one attached hydrogen (secondary N) is 1. The Hall–Kier alpha value is -2.50. The van der Waals surface area contributed by atoms with Crippen LogP contribution in [0.15, 0.2) is 18.2 Å². The second kappa shape index (κ2) is 7.17. The minimum atomic E-state index is -0.181. The van der Waals surface area contributed by atoms with Gasteiger partial charge >= 0.3 is 0 Å². The van der Waals surface area contributed by atoms with Crippen molar-refractivity contribution in [2.24, 2.45) is 7.05 Å². The van der Waals surface area contributed by atoms with Crippen LogP contribution in [0.2, 0.25) is 0 Å². The van der Waals surface area contributed by atoms with Crippen molar-refractivity contribution < 1.29 is 14.3 Å². The number of hydrogen-bond acceptors (Lipinski definition) is 4. The van der Waals surface area contributed by atoms with E-state index in [1.54, 1.807) is 32.4 Å². The molecule has 23 heavy (non-hydrogen) atoms. The molecule has 0 saturated heterocycles. The second-order valence-electron chi connectivity index (χ2n) is 5.35. The summed E-state index contributed by atoms with van der Waals surface area (Å²) in [7, 11) is 5.03. The number of hydrogen-bond donors (Lipinski definition) is 1. The van der Waals surface area contributed by atoms with E-state index < -0.39 is 0 Å². The van der Waals surface area contributed by atoms with Gasteiger partial charge in [-0.25, -0.2) is 0 Å². The average Bonchev–Trinajstić information content (AvgIpc) is 2.80. The van der Waals surface area contributed by atoms with Crippen molar-refractivity contribution in [3.05, 3.63) is 40.7 Å². The Morgan fingerprint density at radius 2 is 2.00 bits per heavy atom. The van der Waals surface area contributed by atoms with Crippen molar-refractivity contribution in [2.45, 2.75) is 20.3 Å². The van der Waals surface area contributed by atoms with Crippen LogP contribution in [0.25, 0.3) is 0 Å². The van der Waals surface area contributed by atoms with Gasteiger partial charge in [0.1, 0.15) is 11.5 Å². The lowest BCUT2D eigenvalue weighted by Gasteiger charge is -2.11. The van der Waals surface area contributed by atoms with Gasteiger partial charge < -0.3 is 14.8 Å². The number of ether oxygens (including phenoxy) is 2. The van der Waals surface area contributed by atoms with Gasteiger partial charge in [0.15, 0.2) is 0 Å². The van der Waals surface area contributed by atoms with Gasteiger partial charge in [0.05, 0.1) is 25.5 Å². The van der Waals surface area contributed by atoms with Gasteiger partial charge in [-0.2, -0.15) is 5.10 Å². The van der Waals surface area contributed by atoms with Crippen LogP contribution in [0.1, 0.15) is 27.3 Å². The number of amides is 1. The van der Waals surface area contributed by atoms with Gasteiger partial charge in [0.25, 0.3) is 5.91 Å². The maximum atomic E-state index is 12.4. The van der Waals surface area contributed by atoms with Gasteiger partial charge in [-0.3, -0.25) is 9.48 Å². The zero-order chi connectivity index (χ0) is 17.0. The molecular weight excluding hydrogens is 294 g/mol. The van der Waals surface area contributed by atoms with Crippen molar-refractivity contribution in [1.29, 1.82) is 0 Å². The van der Waals surface area contributed by atoms with Crippen molar-refractivity contribution in [3.63, 3.8) is 0 Å². The molecule has 0 aliphatic carbocycles. The van der Waals surface area contributed by atoms with Gasteiger partial charge in [0, 0.05) is 19.3 Å². The molecule has 6 nitrogen and oxygen atoms in total. The monoisotopic (exact) mass is 317 g/mol. The standard InChI is InChI=1S/C17H23N3O3/c1-11-14(12(2)20(3)19-11)8-9-18-17(21)15-10-13(22-4)6-7-16(15)23-5/h6-7,10H,8-9H2,1-5H3,(H,18,21). The number of rotatable bonds is 6. The molecule has 1 aromatic heterocycles. The molecule has 124 valence electrons. The third kappa shape index (κ3) is 3.64.